The first-order valence-corrected chi connectivity index (χ1v) is 6.42. The van der Waals surface area contributed by atoms with Crippen LogP contribution in [0, 0.1) is 10.1 Å². The topological polar surface area (TPSA) is 110 Å². The second-order valence-electron chi connectivity index (χ2n) is 4.56. The number of ether oxygens (including phenoxy) is 1. The van der Waals surface area contributed by atoms with Crippen molar-refractivity contribution in [1.29, 1.82) is 0 Å². The monoisotopic (exact) mass is 294 g/mol. The highest BCUT2D eigenvalue weighted by molar-refractivity contribution is 6.00. The molecule has 8 heteroatoms. The van der Waals surface area contributed by atoms with E-state index in [9.17, 15) is 19.7 Å². The number of non-ortho nitro benzene ring substituents is 1. The van der Waals surface area contributed by atoms with Gasteiger partial charge < -0.3 is 14.7 Å². The van der Waals surface area contributed by atoms with Crippen LogP contribution in [0.15, 0.2) is 18.2 Å². The van der Waals surface area contributed by atoms with Crippen LogP contribution in [0.3, 0.4) is 0 Å². The van der Waals surface area contributed by atoms with Gasteiger partial charge in [0.1, 0.15) is 0 Å². The molecule has 1 aromatic rings. The number of anilines is 1. The average Bonchev–Trinajstić information content (AvgIpc) is 2.44. The Hall–Kier alpha value is -2.64. The third-order valence-electron chi connectivity index (χ3n) is 3.18. The molecule has 1 amide bonds. The van der Waals surface area contributed by atoms with Crippen LogP contribution in [0.2, 0.25) is 0 Å². The van der Waals surface area contributed by atoms with Crippen LogP contribution in [0.4, 0.5) is 11.4 Å². The van der Waals surface area contributed by atoms with E-state index in [2.05, 4.69) is 0 Å². The molecule has 1 aliphatic rings. The zero-order valence-corrected chi connectivity index (χ0v) is 11.3. The Morgan fingerprint density at radius 3 is 2.81 bits per heavy atom. The van der Waals surface area contributed by atoms with Gasteiger partial charge in [-0.05, 0) is 12.5 Å². The molecule has 1 aromatic carbocycles. The number of aliphatic carboxylic acids is 1. The molecule has 8 nitrogen and oxygen atoms in total. The summed E-state index contributed by atoms with van der Waals surface area (Å²) < 4.78 is 5.48. The van der Waals surface area contributed by atoms with Gasteiger partial charge in [0.25, 0.3) is 11.6 Å². The van der Waals surface area contributed by atoms with Crippen molar-refractivity contribution in [3.8, 4) is 5.75 Å². The molecule has 0 fully saturated rings. The van der Waals surface area contributed by atoms with Crippen molar-refractivity contribution in [3.05, 3.63) is 28.3 Å². The van der Waals surface area contributed by atoms with Crippen molar-refractivity contribution in [2.24, 2.45) is 0 Å². The Kier molecular flexibility index (Phi) is 4.06. The molecule has 0 aliphatic carbocycles. The third kappa shape index (κ3) is 2.93. The van der Waals surface area contributed by atoms with Gasteiger partial charge in [0.15, 0.2) is 11.9 Å². The molecule has 112 valence electrons. The first-order chi connectivity index (χ1) is 9.93. The summed E-state index contributed by atoms with van der Waals surface area (Å²) in [5.41, 5.74) is 0.215. The smallest absolute Gasteiger partial charge is 0.305 e. The molecule has 1 N–H and O–H groups in total. The number of carboxylic acids is 1. The molecular weight excluding hydrogens is 280 g/mol. The van der Waals surface area contributed by atoms with Crippen molar-refractivity contribution in [2.75, 3.05) is 11.4 Å². The lowest BCUT2D eigenvalue weighted by molar-refractivity contribution is -0.384. The van der Waals surface area contributed by atoms with E-state index in [1.165, 1.54) is 23.1 Å². The summed E-state index contributed by atoms with van der Waals surface area (Å²) in [6.07, 6.45) is -0.573. The van der Waals surface area contributed by atoms with Gasteiger partial charge in [0.2, 0.25) is 0 Å². The van der Waals surface area contributed by atoms with Gasteiger partial charge in [0, 0.05) is 12.6 Å². The van der Waals surface area contributed by atoms with Crippen LogP contribution >= 0.6 is 0 Å². The van der Waals surface area contributed by atoms with E-state index in [4.69, 9.17) is 9.84 Å². The van der Waals surface area contributed by atoms with Crippen LogP contribution in [0.25, 0.3) is 0 Å². The van der Waals surface area contributed by atoms with E-state index < -0.39 is 17.0 Å². The normalized spacial score (nSPS) is 17.1. The zero-order chi connectivity index (χ0) is 15.6. The Morgan fingerprint density at radius 2 is 2.24 bits per heavy atom. The van der Waals surface area contributed by atoms with Gasteiger partial charge in [-0.15, -0.1) is 0 Å². The van der Waals surface area contributed by atoms with E-state index in [-0.39, 0.29) is 30.3 Å². The number of hydrogen-bond acceptors (Lipinski definition) is 5. The Bertz CT molecular complexity index is 600. The Morgan fingerprint density at radius 1 is 1.52 bits per heavy atom. The molecular formula is C13H14N2O6. The lowest BCUT2D eigenvalue weighted by Crippen LogP contribution is -2.46. The number of carboxylic acid groups (broad SMARTS) is 1. The molecule has 0 spiro atoms. The fraction of sp³-hybridized carbons (Fsp3) is 0.385. The lowest BCUT2D eigenvalue weighted by Gasteiger charge is -2.33. The predicted molar refractivity (Wildman–Crippen MR) is 72.4 cm³/mol. The Balaban J connectivity index is 2.39. The fourth-order valence-corrected chi connectivity index (χ4v) is 2.13. The predicted octanol–water partition coefficient (Wildman–Crippen LogP) is 1.57. The zero-order valence-electron chi connectivity index (χ0n) is 11.3. The molecule has 0 saturated heterocycles. The molecule has 2 rings (SSSR count). The van der Waals surface area contributed by atoms with Crippen LogP contribution in [-0.4, -0.2) is 34.6 Å². The molecule has 1 aliphatic heterocycles. The standard InChI is InChI=1S/C13H14N2O6/c1-2-10-13(18)14(6-5-12(16)17)9-4-3-8(15(19)20)7-11(9)21-10/h3-4,7,10H,2,5-6H2,1H3,(H,16,17). The largest absolute Gasteiger partial charge is 0.481 e. The van der Waals surface area contributed by atoms with Gasteiger partial charge >= 0.3 is 5.97 Å². The van der Waals surface area contributed by atoms with E-state index >= 15 is 0 Å². The highest BCUT2D eigenvalue weighted by atomic mass is 16.6. The second kappa shape index (κ2) is 5.78. The number of benzene rings is 1. The number of carbonyl (C=O) groups excluding carboxylic acids is 1. The van der Waals surface area contributed by atoms with Gasteiger partial charge in [-0.1, -0.05) is 6.92 Å². The molecule has 1 heterocycles. The molecule has 21 heavy (non-hydrogen) atoms. The van der Waals surface area contributed by atoms with Crippen molar-refractivity contribution in [3.63, 3.8) is 0 Å². The minimum atomic E-state index is -1.02. The summed E-state index contributed by atoms with van der Waals surface area (Å²) in [4.78, 5) is 34.5. The van der Waals surface area contributed by atoms with Gasteiger partial charge in [-0.25, -0.2) is 0 Å². The number of nitrogens with zero attached hydrogens (tertiary/aromatic N) is 2. The van der Waals surface area contributed by atoms with Crippen molar-refractivity contribution < 1.29 is 24.4 Å². The number of amides is 1. The molecule has 1 atom stereocenters. The van der Waals surface area contributed by atoms with E-state index in [0.717, 1.165) is 0 Å². The van der Waals surface area contributed by atoms with Crippen molar-refractivity contribution in [1.82, 2.24) is 0 Å². The van der Waals surface area contributed by atoms with Gasteiger partial charge in [-0.2, -0.15) is 0 Å². The first-order valence-electron chi connectivity index (χ1n) is 6.42. The third-order valence-corrected chi connectivity index (χ3v) is 3.18. The maximum Gasteiger partial charge on any atom is 0.305 e. The van der Waals surface area contributed by atoms with Crippen LogP contribution < -0.4 is 9.64 Å². The van der Waals surface area contributed by atoms with Crippen molar-refractivity contribution in [2.45, 2.75) is 25.9 Å². The second-order valence-corrected chi connectivity index (χ2v) is 4.56. The summed E-state index contributed by atoms with van der Waals surface area (Å²) in [6, 6.07) is 3.91. The maximum absolute atomic E-state index is 12.2. The lowest BCUT2D eigenvalue weighted by atomic mass is 10.1. The van der Waals surface area contributed by atoms with Crippen molar-refractivity contribution >= 4 is 23.3 Å². The van der Waals surface area contributed by atoms with Crippen LogP contribution in [-0.2, 0) is 9.59 Å². The molecule has 0 bridgehead atoms. The highest BCUT2D eigenvalue weighted by Gasteiger charge is 2.34. The minimum absolute atomic E-state index is 0.00115. The number of hydrogen-bond donors (Lipinski definition) is 1. The first kappa shape index (κ1) is 14.8. The summed E-state index contributed by atoms with van der Waals surface area (Å²) >= 11 is 0. The van der Waals surface area contributed by atoms with E-state index in [1.807, 2.05) is 0 Å². The van der Waals surface area contributed by atoms with Crippen LogP contribution in [0.1, 0.15) is 19.8 Å². The van der Waals surface area contributed by atoms with E-state index in [0.29, 0.717) is 12.1 Å². The molecule has 0 aromatic heterocycles. The summed E-state index contributed by atoms with van der Waals surface area (Å²) in [7, 11) is 0. The SMILES string of the molecule is CCC1Oc2cc([N+](=O)[O-])ccc2N(CCC(=O)O)C1=O. The number of nitro groups is 1. The number of nitro benzene ring substituents is 1. The quantitative estimate of drug-likeness (QED) is 0.652. The fourth-order valence-electron chi connectivity index (χ4n) is 2.13. The maximum atomic E-state index is 12.2. The molecule has 0 radical (unpaired) electrons. The highest BCUT2D eigenvalue weighted by Crippen LogP contribution is 2.37. The molecule has 1 unspecified atom stereocenters. The average molecular weight is 294 g/mol. The van der Waals surface area contributed by atoms with Gasteiger partial charge in [-0.3, -0.25) is 19.7 Å². The number of fused-ring (bicyclic) bond motifs is 1. The minimum Gasteiger partial charge on any atom is -0.481 e. The summed E-state index contributed by atoms with van der Waals surface area (Å²) in [5.74, 6) is -1.13. The summed E-state index contributed by atoms with van der Waals surface area (Å²) in [6.45, 7) is 1.75. The number of rotatable bonds is 5. The number of carbonyl (C=O) groups is 2. The van der Waals surface area contributed by atoms with Gasteiger partial charge in [0.05, 0.1) is 23.1 Å². The van der Waals surface area contributed by atoms with E-state index in [1.54, 1.807) is 6.92 Å². The summed E-state index contributed by atoms with van der Waals surface area (Å²) in [5, 5.41) is 19.6. The Labute approximate surface area is 120 Å². The van der Waals surface area contributed by atoms with Crippen LogP contribution in [0.5, 0.6) is 5.75 Å². The molecule has 0 saturated carbocycles.